The number of aryl methyl sites for hydroxylation is 1. The normalized spacial score (nSPS) is 14.1. The Balaban J connectivity index is 1.34. The highest BCUT2D eigenvalue weighted by molar-refractivity contribution is 5.99. The zero-order valence-corrected chi connectivity index (χ0v) is 19.3. The smallest absolute Gasteiger partial charge is 0.289 e. The molecule has 0 bridgehead atoms. The summed E-state index contributed by atoms with van der Waals surface area (Å²) < 4.78 is 21.6. The summed E-state index contributed by atoms with van der Waals surface area (Å²) in [7, 11) is 0. The number of halogens is 1. The second-order valence-electron chi connectivity index (χ2n) is 8.68. The van der Waals surface area contributed by atoms with E-state index in [1.807, 2.05) is 38.1 Å². The highest BCUT2D eigenvalue weighted by Crippen LogP contribution is 2.28. The van der Waals surface area contributed by atoms with E-state index in [1.54, 1.807) is 34.1 Å². The van der Waals surface area contributed by atoms with Crippen LogP contribution in [0, 0.1) is 19.7 Å². The van der Waals surface area contributed by atoms with E-state index in [2.05, 4.69) is 4.57 Å². The molecular weight excluding hydrogens is 433 g/mol. The van der Waals surface area contributed by atoms with Crippen LogP contribution in [0.4, 0.5) is 4.39 Å². The number of piperazine rings is 1. The van der Waals surface area contributed by atoms with E-state index >= 15 is 0 Å². The van der Waals surface area contributed by atoms with Crippen LogP contribution in [0.3, 0.4) is 0 Å². The minimum absolute atomic E-state index is 0.0501. The topological polar surface area (TPSA) is 58.7 Å². The fraction of sp³-hybridized carbons (Fsp3) is 0.259. The summed E-state index contributed by atoms with van der Waals surface area (Å²) >= 11 is 0. The number of amides is 2. The molecule has 0 N–H and O–H groups in total. The molecule has 1 aliphatic heterocycles. The van der Waals surface area contributed by atoms with Crippen LogP contribution in [0.2, 0.25) is 0 Å². The monoisotopic (exact) mass is 459 g/mol. The van der Waals surface area contributed by atoms with Gasteiger partial charge < -0.3 is 18.8 Å². The number of nitrogens with zero attached hydrogens (tertiary/aromatic N) is 3. The molecule has 1 saturated heterocycles. The average Bonchev–Trinajstić information content (AvgIpc) is 3.48. The highest BCUT2D eigenvalue weighted by Gasteiger charge is 2.27. The number of hydrogen-bond donors (Lipinski definition) is 0. The van der Waals surface area contributed by atoms with Gasteiger partial charge in [-0.1, -0.05) is 18.2 Å². The van der Waals surface area contributed by atoms with Crippen molar-refractivity contribution in [1.82, 2.24) is 14.4 Å². The lowest BCUT2D eigenvalue weighted by atomic mass is 10.1. The molecule has 0 atom stereocenters. The van der Waals surface area contributed by atoms with Gasteiger partial charge in [0.1, 0.15) is 5.82 Å². The van der Waals surface area contributed by atoms with Gasteiger partial charge in [-0.25, -0.2) is 4.39 Å². The van der Waals surface area contributed by atoms with Gasteiger partial charge in [0.05, 0.1) is 12.8 Å². The summed E-state index contributed by atoms with van der Waals surface area (Å²) in [6.07, 6.45) is 1.48. The first kappa shape index (κ1) is 21.9. The van der Waals surface area contributed by atoms with Crippen molar-refractivity contribution in [3.63, 3.8) is 0 Å². The maximum absolute atomic E-state index is 14.3. The number of aromatic nitrogens is 1. The summed E-state index contributed by atoms with van der Waals surface area (Å²) in [5.41, 5.74) is 4.35. The molecule has 0 radical (unpaired) electrons. The Labute approximate surface area is 197 Å². The molecule has 4 aromatic rings. The predicted molar refractivity (Wildman–Crippen MR) is 127 cm³/mol. The van der Waals surface area contributed by atoms with Crippen molar-refractivity contribution in [1.29, 1.82) is 0 Å². The lowest BCUT2D eigenvalue weighted by Gasteiger charge is -2.34. The number of hydrogen-bond acceptors (Lipinski definition) is 3. The SMILES string of the molecule is Cc1c(C)n(Cc2ccccc2F)c2ccc(C(=O)N3CCN(C(=O)c4ccco4)CC3)cc12. The third kappa shape index (κ3) is 3.87. The van der Waals surface area contributed by atoms with Crippen LogP contribution in [0.5, 0.6) is 0 Å². The Kier molecular flexibility index (Phi) is 5.69. The van der Waals surface area contributed by atoms with Crippen LogP contribution in [-0.4, -0.2) is 52.4 Å². The fourth-order valence-electron chi connectivity index (χ4n) is 4.63. The zero-order chi connectivity index (χ0) is 23.8. The van der Waals surface area contributed by atoms with Gasteiger partial charge in [-0.2, -0.15) is 0 Å². The third-order valence-corrected chi connectivity index (χ3v) is 6.76. The number of carbonyl (C=O) groups excluding carboxylic acids is 2. The Morgan fingerprint density at radius 3 is 2.29 bits per heavy atom. The zero-order valence-electron chi connectivity index (χ0n) is 19.3. The van der Waals surface area contributed by atoms with Gasteiger partial charge >= 0.3 is 0 Å². The first-order chi connectivity index (χ1) is 16.4. The van der Waals surface area contributed by atoms with Crippen LogP contribution in [0.1, 0.15) is 37.7 Å². The van der Waals surface area contributed by atoms with E-state index in [-0.39, 0.29) is 17.6 Å². The number of carbonyl (C=O) groups is 2. The van der Waals surface area contributed by atoms with Crippen molar-refractivity contribution in [2.75, 3.05) is 26.2 Å². The maximum atomic E-state index is 14.3. The lowest BCUT2D eigenvalue weighted by molar-refractivity contribution is 0.0518. The molecule has 2 amide bonds. The first-order valence-electron chi connectivity index (χ1n) is 11.4. The summed E-state index contributed by atoms with van der Waals surface area (Å²) in [6.45, 7) is 6.35. The standard InChI is InChI=1S/C27H26FN3O3/c1-18-19(2)31(17-21-6-3-4-7-23(21)28)24-10-9-20(16-22(18)24)26(32)29-11-13-30(14-12-29)27(33)25-8-5-15-34-25/h3-10,15-16H,11-14,17H2,1-2H3. The molecule has 0 spiro atoms. The molecule has 7 heteroatoms. The summed E-state index contributed by atoms with van der Waals surface area (Å²) in [5, 5.41) is 0.992. The molecule has 34 heavy (non-hydrogen) atoms. The van der Waals surface area contributed by atoms with Crippen LogP contribution < -0.4 is 0 Å². The molecule has 1 aliphatic rings. The minimum atomic E-state index is -0.224. The van der Waals surface area contributed by atoms with Crippen LogP contribution >= 0.6 is 0 Å². The molecule has 3 heterocycles. The molecular formula is C27H26FN3O3. The van der Waals surface area contributed by atoms with Crippen molar-refractivity contribution >= 4 is 22.7 Å². The minimum Gasteiger partial charge on any atom is -0.459 e. The molecule has 0 aliphatic carbocycles. The molecule has 5 rings (SSSR count). The van der Waals surface area contributed by atoms with Gasteiger partial charge in [0, 0.05) is 53.9 Å². The lowest BCUT2D eigenvalue weighted by Crippen LogP contribution is -2.50. The first-order valence-corrected chi connectivity index (χ1v) is 11.4. The summed E-state index contributed by atoms with van der Waals surface area (Å²) in [4.78, 5) is 29.2. The molecule has 0 saturated carbocycles. The Morgan fingerprint density at radius 2 is 1.62 bits per heavy atom. The third-order valence-electron chi connectivity index (χ3n) is 6.76. The molecule has 2 aromatic carbocycles. The van der Waals surface area contributed by atoms with Crippen molar-refractivity contribution in [2.45, 2.75) is 20.4 Å². The quantitative estimate of drug-likeness (QED) is 0.447. The number of benzene rings is 2. The van der Waals surface area contributed by atoms with E-state index in [9.17, 15) is 14.0 Å². The highest BCUT2D eigenvalue weighted by atomic mass is 19.1. The Bertz CT molecular complexity index is 1370. The molecule has 6 nitrogen and oxygen atoms in total. The van der Waals surface area contributed by atoms with Crippen LogP contribution in [0.25, 0.3) is 10.9 Å². The van der Waals surface area contributed by atoms with E-state index in [1.165, 1.54) is 12.3 Å². The Morgan fingerprint density at radius 1 is 0.912 bits per heavy atom. The largest absolute Gasteiger partial charge is 0.459 e. The van der Waals surface area contributed by atoms with Crippen LogP contribution in [-0.2, 0) is 6.54 Å². The Hall–Kier alpha value is -3.87. The molecule has 174 valence electrons. The fourth-order valence-corrected chi connectivity index (χ4v) is 4.63. The average molecular weight is 460 g/mol. The van der Waals surface area contributed by atoms with Gasteiger partial charge in [-0.3, -0.25) is 9.59 Å². The number of furan rings is 1. The van der Waals surface area contributed by atoms with E-state index < -0.39 is 0 Å². The van der Waals surface area contributed by atoms with Crippen molar-refractivity contribution in [2.24, 2.45) is 0 Å². The second kappa shape index (κ2) is 8.82. The van der Waals surface area contributed by atoms with Crippen molar-refractivity contribution in [3.05, 3.63) is 94.8 Å². The summed E-state index contributed by atoms with van der Waals surface area (Å²) in [6, 6.07) is 15.8. The van der Waals surface area contributed by atoms with Crippen molar-refractivity contribution in [3.8, 4) is 0 Å². The molecule has 2 aromatic heterocycles. The van der Waals surface area contributed by atoms with Crippen LogP contribution in [0.15, 0.2) is 65.3 Å². The summed E-state index contributed by atoms with van der Waals surface area (Å²) in [5.74, 6) is -0.111. The maximum Gasteiger partial charge on any atom is 0.289 e. The number of rotatable bonds is 4. The van der Waals surface area contributed by atoms with Gasteiger partial charge in [-0.15, -0.1) is 0 Å². The van der Waals surface area contributed by atoms with Gasteiger partial charge in [-0.05, 0) is 55.8 Å². The molecule has 0 unspecified atom stereocenters. The second-order valence-corrected chi connectivity index (χ2v) is 8.68. The van der Waals surface area contributed by atoms with Gasteiger partial charge in [0.15, 0.2) is 5.76 Å². The van der Waals surface area contributed by atoms with Gasteiger partial charge in [0.2, 0.25) is 0 Å². The van der Waals surface area contributed by atoms with Gasteiger partial charge in [0.25, 0.3) is 11.8 Å². The van der Waals surface area contributed by atoms with E-state index in [0.717, 1.165) is 22.2 Å². The number of fused-ring (bicyclic) bond motifs is 1. The van der Waals surface area contributed by atoms with E-state index in [0.29, 0.717) is 49.6 Å². The van der Waals surface area contributed by atoms with E-state index in [4.69, 9.17) is 4.42 Å². The molecule has 1 fully saturated rings. The van der Waals surface area contributed by atoms with Crippen molar-refractivity contribution < 1.29 is 18.4 Å². The predicted octanol–water partition coefficient (Wildman–Crippen LogP) is 4.64.